The first-order valence-corrected chi connectivity index (χ1v) is 5.43. The number of aryl methyl sites for hydroxylation is 1. The normalized spacial score (nSPS) is 15.8. The van der Waals surface area contributed by atoms with Gasteiger partial charge in [0.2, 0.25) is 0 Å². The van der Waals surface area contributed by atoms with Crippen molar-refractivity contribution >= 4 is 17.7 Å². The molecule has 76 valence electrons. The van der Waals surface area contributed by atoms with Gasteiger partial charge in [-0.25, -0.2) is 0 Å². The van der Waals surface area contributed by atoms with Gasteiger partial charge in [0.05, 0.1) is 5.75 Å². The average molecular weight is 213 g/mol. The minimum atomic E-state index is -0.821. The molecule has 6 heteroatoms. The summed E-state index contributed by atoms with van der Waals surface area (Å²) < 4.78 is 2.04. The number of carboxylic acid groups (broad SMARTS) is 1. The molecule has 14 heavy (non-hydrogen) atoms. The van der Waals surface area contributed by atoms with Crippen LogP contribution in [0.1, 0.15) is 24.7 Å². The highest BCUT2D eigenvalue weighted by Crippen LogP contribution is 2.38. The van der Waals surface area contributed by atoms with Gasteiger partial charge in [0.25, 0.3) is 0 Å². The summed E-state index contributed by atoms with van der Waals surface area (Å²) in [6.07, 6.45) is 2.30. The first-order valence-electron chi connectivity index (χ1n) is 4.44. The molecule has 1 aromatic heterocycles. The van der Waals surface area contributed by atoms with E-state index in [9.17, 15) is 4.79 Å². The van der Waals surface area contributed by atoms with Crippen molar-refractivity contribution in [3.05, 3.63) is 5.82 Å². The van der Waals surface area contributed by atoms with Crippen LogP contribution in [-0.4, -0.2) is 31.6 Å². The SMILES string of the molecule is Cc1nnc(SCC(=O)O)n1C1CC1. The second-order valence-corrected chi connectivity index (χ2v) is 4.26. The van der Waals surface area contributed by atoms with Gasteiger partial charge in [-0.05, 0) is 19.8 Å². The van der Waals surface area contributed by atoms with Gasteiger partial charge in [0.15, 0.2) is 5.16 Å². The van der Waals surface area contributed by atoms with E-state index in [1.165, 1.54) is 11.8 Å². The second kappa shape index (κ2) is 3.61. The summed E-state index contributed by atoms with van der Waals surface area (Å²) in [5, 5.41) is 17.2. The smallest absolute Gasteiger partial charge is 0.313 e. The average Bonchev–Trinajstić information content (AvgIpc) is 2.88. The van der Waals surface area contributed by atoms with Gasteiger partial charge in [-0.1, -0.05) is 11.8 Å². The first-order chi connectivity index (χ1) is 6.68. The number of aromatic nitrogens is 3. The zero-order chi connectivity index (χ0) is 10.1. The number of nitrogens with zero attached hydrogens (tertiary/aromatic N) is 3. The highest BCUT2D eigenvalue weighted by Gasteiger charge is 2.28. The molecule has 5 nitrogen and oxygen atoms in total. The van der Waals surface area contributed by atoms with Crippen molar-refractivity contribution in [1.29, 1.82) is 0 Å². The van der Waals surface area contributed by atoms with Crippen LogP contribution in [0.25, 0.3) is 0 Å². The Hall–Kier alpha value is -1.04. The standard InChI is InChI=1S/C8H11N3O2S/c1-5-9-10-8(14-4-7(12)13)11(5)6-2-3-6/h6H,2-4H2,1H3,(H,12,13). The van der Waals surface area contributed by atoms with Crippen LogP contribution in [0.2, 0.25) is 0 Å². The lowest BCUT2D eigenvalue weighted by molar-refractivity contribution is -0.133. The summed E-state index contributed by atoms with van der Waals surface area (Å²) in [4.78, 5) is 10.4. The molecule has 1 aromatic rings. The lowest BCUT2D eigenvalue weighted by Crippen LogP contribution is -2.03. The van der Waals surface area contributed by atoms with Crippen molar-refractivity contribution in [2.75, 3.05) is 5.75 Å². The summed E-state index contributed by atoms with van der Waals surface area (Å²) in [7, 11) is 0. The zero-order valence-electron chi connectivity index (χ0n) is 7.80. The maximum Gasteiger partial charge on any atom is 0.313 e. The summed E-state index contributed by atoms with van der Waals surface area (Å²) in [5.41, 5.74) is 0. The second-order valence-electron chi connectivity index (χ2n) is 3.31. The molecule has 0 bridgehead atoms. The van der Waals surface area contributed by atoms with Gasteiger partial charge in [0.1, 0.15) is 5.82 Å². The van der Waals surface area contributed by atoms with Crippen LogP contribution in [0.3, 0.4) is 0 Å². The number of hydrogen-bond donors (Lipinski definition) is 1. The Balaban J connectivity index is 2.12. The molecule has 0 spiro atoms. The number of hydrogen-bond acceptors (Lipinski definition) is 4. The molecule has 0 saturated heterocycles. The molecule has 1 fully saturated rings. The molecule has 0 aliphatic heterocycles. The highest BCUT2D eigenvalue weighted by atomic mass is 32.2. The van der Waals surface area contributed by atoms with Crippen LogP contribution < -0.4 is 0 Å². The monoisotopic (exact) mass is 213 g/mol. The predicted octanol–water partition coefficient (Wildman–Crippen LogP) is 1.10. The number of rotatable bonds is 4. The number of carbonyl (C=O) groups is 1. The Labute approximate surface area is 85.5 Å². The molecule has 0 aromatic carbocycles. The topological polar surface area (TPSA) is 68.0 Å². The molecule has 1 saturated carbocycles. The Morgan fingerprint density at radius 3 is 2.93 bits per heavy atom. The third-order valence-corrected chi connectivity index (χ3v) is 3.00. The van der Waals surface area contributed by atoms with Crippen LogP contribution in [0.5, 0.6) is 0 Å². The van der Waals surface area contributed by atoms with E-state index in [-0.39, 0.29) is 5.75 Å². The Bertz CT molecular complexity index is 359. The van der Waals surface area contributed by atoms with Gasteiger partial charge in [-0.2, -0.15) is 0 Å². The number of carboxylic acids is 1. The van der Waals surface area contributed by atoms with Gasteiger partial charge >= 0.3 is 5.97 Å². The molecular formula is C8H11N3O2S. The van der Waals surface area contributed by atoms with Crippen LogP contribution in [0.4, 0.5) is 0 Å². The van der Waals surface area contributed by atoms with Crippen LogP contribution >= 0.6 is 11.8 Å². The summed E-state index contributed by atoms with van der Waals surface area (Å²) in [5.74, 6) is 0.101. The van der Waals surface area contributed by atoms with E-state index in [0.717, 1.165) is 23.8 Å². The molecule has 1 N–H and O–H groups in total. The highest BCUT2D eigenvalue weighted by molar-refractivity contribution is 7.99. The lowest BCUT2D eigenvalue weighted by atomic mass is 10.6. The van der Waals surface area contributed by atoms with Gasteiger partial charge in [0, 0.05) is 6.04 Å². The number of aliphatic carboxylic acids is 1. The maximum atomic E-state index is 10.4. The summed E-state index contributed by atoms with van der Waals surface area (Å²) in [6, 6.07) is 0.501. The van der Waals surface area contributed by atoms with E-state index in [2.05, 4.69) is 10.2 Å². The summed E-state index contributed by atoms with van der Waals surface area (Å²) >= 11 is 1.23. The van der Waals surface area contributed by atoms with Crippen LogP contribution in [-0.2, 0) is 4.79 Å². The Morgan fingerprint density at radius 2 is 2.36 bits per heavy atom. The molecule has 2 rings (SSSR count). The molecular weight excluding hydrogens is 202 g/mol. The Morgan fingerprint density at radius 1 is 1.64 bits per heavy atom. The fraction of sp³-hybridized carbons (Fsp3) is 0.625. The molecule has 0 unspecified atom stereocenters. The summed E-state index contributed by atoms with van der Waals surface area (Å²) in [6.45, 7) is 1.90. The minimum absolute atomic E-state index is 0.0465. The Kier molecular flexibility index (Phi) is 2.45. The van der Waals surface area contributed by atoms with E-state index in [1.807, 2.05) is 11.5 Å². The quantitative estimate of drug-likeness (QED) is 0.758. The molecule has 1 heterocycles. The van der Waals surface area contributed by atoms with Crippen molar-refractivity contribution in [3.63, 3.8) is 0 Å². The predicted molar refractivity (Wildman–Crippen MR) is 51.4 cm³/mol. The van der Waals surface area contributed by atoms with Crippen LogP contribution in [0.15, 0.2) is 5.16 Å². The largest absolute Gasteiger partial charge is 0.481 e. The molecule has 1 aliphatic carbocycles. The first kappa shape index (κ1) is 9.51. The van der Waals surface area contributed by atoms with Crippen molar-refractivity contribution in [2.24, 2.45) is 0 Å². The number of thioether (sulfide) groups is 1. The lowest BCUT2D eigenvalue weighted by Gasteiger charge is -2.04. The van der Waals surface area contributed by atoms with E-state index < -0.39 is 5.97 Å². The molecule has 0 radical (unpaired) electrons. The van der Waals surface area contributed by atoms with E-state index >= 15 is 0 Å². The van der Waals surface area contributed by atoms with Gasteiger partial charge in [-0.15, -0.1) is 10.2 Å². The zero-order valence-corrected chi connectivity index (χ0v) is 8.62. The van der Waals surface area contributed by atoms with Gasteiger partial charge in [-0.3, -0.25) is 4.79 Å². The van der Waals surface area contributed by atoms with Crippen molar-refractivity contribution in [2.45, 2.75) is 31.0 Å². The molecule has 0 amide bonds. The third kappa shape index (κ3) is 1.89. The van der Waals surface area contributed by atoms with Crippen molar-refractivity contribution in [3.8, 4) is 0 Å². The molecule has 1 aliphatic rings. The van der Waals surface area contributed by atoms with Crippen molar-refractivity contribution < 1.29 is 9.90 Å². The maximum absolute atomic E-state index is 10.4. The van der Waals surface area contributed by atoms with Crippen molar-refractivity contribution in [1.82, 2.24) is 14.8 Å². The molecule has 0 atom stereocenters. The van der Waals surface area contributed by atoms with E-state index in [4.69, 9.17) is 5.11 Å². The van der Waals surface area contributed by atoms with E-state index in [1.54, 1.807) is 0 Å². The van der Waals surface area contributed by atoms with Crippen LogP contribution in [0, 0.1) is 6.92 Å². The third-order valence-electron chi connectivity index (χ3n) is 2.07. The van der Waals surface area contributed by atoms with E-state index in [0.29, 0.717) is 6.04 Å². The van der Waals surface area contributed by atoms with Gasteiger partial charge < -0.3 is 9.67 Å². The minimum Gasteiger partial charge on any atom is -0.481 e. The fourth-order valence-electron chi connectivity index (χ4n) is 1.33. The fourth-order valence-corrected chi connectivity index (χ4v) is 2.10.